The average molecular weight is 844 g/mol. The first-order chi connectivity index (χ1) is 25.1. The summed E-state index contributed by atoms with van der Waals surface area (Å²) in [6.07, 6.45) is 1.47. The van der Waals surface area contributed by atoms with Crippen molar-refractivity contribution in [2.24, 2.45) is 11.8 Å². The van der Waals surface area contributed by atoms with Crippen LogP contribution in [0.15, 0.2) is 43.9 Å². The van der Waals surface area contributed by atoms with E-state index in [1.807, 2.05) is 20.0 Å². The van der Waals surface area contributed by atoms with Crippen LogP contribution in [0.3, 0.4) is 0 Å². The Morgan fingerprint density at radius 3 is 2.35 bits per heavy atom. The molecule has 0 amide bonds. The molecule has 4 aromatic heterocycles. The van der Waals surface area contributed by atoms with E-state index in [1.54, 1.807) is 40.7 Å². The molecule has 18 nitrogen and oxygen atoms in total. The van der Waals surface area contributed by atoms with E-state index in [4.69, 9.17) is 38.9 Å². The maximum Gasteiger partial charge on any atom is 0.386 e. The van der Waals surface area contributed by atoms with Gasteiger partial charge in [0.2, 0.25) is 0 Å². The molecule has 0 spiro atoms. The molecular weight excluding hydrogens is 797 g/mol. The molecule has 54 heavy (non-hydrogen) atoms. The lowest BCUT2D eigenvalue weighted by Crippen LogP contribution is -2.49. The van der Waals surface area contributed by atoms with E-state index in [0.29, 0.717) is 22.2 Å². The first kappa shape index (κ1) is 41.2. The van der Waals surface area contributed by atoms with Gasteiger partial charge in [-0.15, -0.1) is 6.58 Å². The Labute approximate surface area is 324 Å². The summed E-state index contributed by atoms with van der Waals surface area (Å²) in [6, 6.07) is 1.74. The van der Waals surface area contributed by atoms with Gasteiger partial charge in [0.15, 0.2) is 26.0 Å². The Morgan fingerprint density at radius 2 is 1.70 bits per heavy atom. The summed E-state index contributed by atoms with van der Waals surface area (Å²) in [7, 11) is -2.64. The van der Waals surface area contributed by atoms with E-state index in [2.05, 4.69) is 76.8 Å². The molecule has 3 unspecified atom stereocenters. The van der Waals surface area contributed by atoms with E-state index in [1.165, 1.54) is 12.7 Å². The van der Waals surface area contributed by atoms with Crippen LogP contribution in [-0.4, -0.2) is 84.4 Å². The lowest BCUT2D eigenvalue weighted by Gasteiger charge is -2.41. The Balaban J connectivity index is 1.31. The highest BCUT2D eigenvalue weighted by Crippen LogP contribution is 2.59. The lowest BCUT2D eigenvalue weighted by atomic mass is 9.89. The number of hydrogen-bond donors (Lipinski definition) is 5. The Bertz CT molecular complexity index is 2110. The van der Waals surface area contributed by atoms with Crippen LogP contribution in [0.5, 0.6) is 0 Å². The smallest absolute Gasteiger partial charge is 0.386 e. The van der Waals surface area contributed by atoms with Crippen LogP contribution in [0.25, 0.3) is 22.2 Å². The zero-order valence-corrected chi connectivity index (χ0v) is 35.4. The van der Waals surface area contributed by atoms with Gasteiger partial charge in [-0.1, -0.05) is 58.3 Å². The standard InChI is InChI=1S/C31H47N9O9P2S2Si/c1-9-18-16(2)22(46-29(18)40-15-38-21-26(33)35-14-37-28(21)40)17(3)47-51(43,53)48-23-20(12-44-50(41,42)52)45-30(24(23)49-54(7,8)31(4,5)6)39-11-10-19-25(32)34-13-36-27(19)39/h9-11,13-18,20,22-24,29-30H,1,12H2,2-8H3,(H,43,53)(H2,32,34,36)(H2,33,35,37)(H2,41,42,52)/t16-,17-,18+,20+,22-,23+,24?,29+,30+,51?/m0/s1. The largest absolute Gasteiger partial charge is 0.407 e. The van der Waals surface area contributed by atoms with Crippen molar-refractivity contribution in [2.45, 2.75) is 95.7 Å². The molecule has 0 aliphatic carbocycles. The van der Waals surface area contributed by atoms with Crippen LogP contribution in [0.4, 0.5) is 11.6 Å². The third-order valence-corrected chi connectivity index (χ3v) is 17.4. The second-order valence-corrected chi connectivity index (χ2v) is 25.3. The average Bonchev–Trinajstić information content (AvgIpc) is 3.83. The van der Waals surface area contributed by atoms with Gasteiger partial charge in [0, 0.05) is 12.1 Å². The van der Waals surface area contributed by atoms with Crippen LogP contribution in [0, 0.1) is 11.8 Å². The molecule has 6 heterocycles. The van der Waals surface area contributed by atoms with Gasteiger partial charge >= 0.3 is 13.6 Å². The van der Waals surface area contributed by atoms with Gasteiger partial charge in [0.25, 0.3) is 0 Å². The molecule has 2 fully saturated rings. The summed E-state index contributed by atoms with van der Waals surface area (Å²) in [4.78, 5) is 31.2. The van der Waals surface area contributed by atoms with Crippen LogP contribution >= 0.6 is 38.1 Å². The lowest BCUT2D eigenvalue weighted by molar-refractivity contribution is -0.0611. The molecule has 296 valence electrons. The van der Waals surface area contributed by atoms with Gasteiger partial charge in [-0.05, 0) is 37.0 Å². The number of ether oxygens (including phenoxy) is 2. The minimum atomic E-state index is -4.31. The van der Waals surface area contributed by atoms with Gasteiger partial charge in [-0.25, -0.2) is 34.0 Å². The van der Waals surface area contributed by atoms with E-state index in [0.717, 1.165) is 0 Å². The number of hydrogen-bond acceptors (Lipinski definition) is 15. The SMILES string of the molecule is C=C[C@@H]1[C@H](C)[C@@H]([C@H](C)OP(=O)(S)O[C@H]2C(O[Si](C)(C)C(C)(C)C)[C@H](n3ccc4c(N)ncnc43)O[C@@H]2COP(=O)(O)S)O[C@H]1n1cnc2c(N)ncnc21. The van der Waals surface area contributed by atoms with Gasteiger partial charge in [0.1, 0.15) is 54.2 Å². The first-order valence-electron chi connectivity index (χ1n) is 17.1. The van der Waals surface area contributed by atoms with Crippen molar-refractivity contribution < 1.29 is 41.5 Å². The van der Waals surface area contributed by atoms with E-state index in [9.17, 15) is 14.0 Å². The highest BCUT2D eigenvalue weighted by atomic mass is 32.7. The molecule has 2 aliphatic rings. The number of nitrogen functional groups attached to an aromatic ring is 2. The zero-order valence-electron chi connectivity index (χ0n) is 30.9. The summed E-state index contributed by atoms with van der Waals surface area (Å²) < 4.78 is 67.7. The van der Waals surface area contributed by atoms with Crippen LogP contribution in [0.2, 0.25) is 18.1 Å². The van der Waals surface area contributed by atoms with Crippen LogP contribution in [0.1, 0.15) is 47.1 Å². The van der Waals surface area contributed by atoms with E-state index < -0.39 is 71.5 Å². The molecule has 2 aliphatic heterocycles. The predicted octanol–water partition coefficient (Wildman–Crippen LogP) is 5.93. The molecule has 6 rings (SSSR count). The number of rotatable bonds is 13. The third-order valence-electron chi connectivity index (χ3n) is 10.4. The number of nitrogens with zero attached hydrogens (tertiary/aromatic N) is 7. The highest BCUT2D eigenvalue weighted by molar-refractivity contribution is 8.44. The molecule has 0 radical (unpaired) electrons. The fourth-order valence-electron chi connectivity index (χ4n) is 6.68. The molecule has 4 aromatic rings. The number of thiol groups is 2. The molecule has 23 heteroatoms. The van der Waals surface area contributed by atoms with E-state index >= 15 is 0 Å². The maximum absolute atomic E-state index is 14.4. The number of imidazole rings is 1. The molecule has 11 atom stereocenters. The summed E-state index contributed by atoms with van der Waals surface area (Å²) in [5.41, 5.74) is 13.5. The molecule has 0 saturated carbocycles. The highest BCUT2D eigenvalue weighted by Gasteiger charge is 2.55. The van der Waals surface area contributed by atoms with Gasteiger partial charge in [-0.3, -0.25) is 18.1 Å². The summed E-state index contributed by atoms with van der Waals surface area (Å²) in [6.45, 7) is 8.93. The molecular formula is C31H47N9O9P2S2Si. The molecule has 2 saturated heterocycles. The number of fused-ring (bicyclic) bond motifs is 2. The first-order valence-corrected chi connectivity index (χ1v) is 25.5. The van der Waals surface area contributed by atoms with Crippen LogP contribution < -0.4 is 11.5 Å². The normalized spacial score (nSPS) is 29.4. The zero-order chi connectivity index (χ0) is 39.5. The molecule has 0 bridgehead atoms. The monoisotopic (exact) mass is 843 g/mol. The minimum absolute atomic E-state index is 0.187. The number of aromatic nitrogens is 7. The molecule has 0 aromatic carbocycles. The third kappa shape index (κ3) is 8.19. The van der Waals surface area contributed by atoms with Crippen molar-refractivity contribution in [1.29, 1.82) is 0 Å². The van der Waals surface area contributed by atoms with Crippen LogP contribution in [-0.2, 0) is 36.6 Å². The van der Waals surface area contributed by atoms with Crippen molar-refractivity contribution >= 4 is 80.2 Å². The van der Waals surface area contributed by atoms with Crippen molar-refractivity contribution in [3.8, 4) is 0 Å². The van der Waals surface area contributed by atoms with Gasteiger partial charge in [0.05, 0.1) is 30.5 Å². The van der Waals surface area contributed by atoms with Crippen molar-refractivity contribution in [1.82, 2.24) is 34.1 Å². The quantitative estimate of drug-likeness (QED) is 0.0454. The second kappa shape index (κ2) is 15.2. The summed E-state index contributed by atoms with van der Waals surface area (Å²) >= 11 is 8.13. The number of anilines is 2. The van der Waals surface area contributed by atoms with Crippen molar-refractivity contribution in [3.05, 3.63) is 43.9 Å². The Hall–Kier alpha value is -2.39. The topological polar surface area (TPSA) is 236 Å². The van der Waals surface area contributed by atoms with Gasteiger partial charge in [-0.2, -0.15) is 0 Å². The predicted molar refractivity (Wildman–Crippen MR) is 211 cm³/mol. The summed E-state index contributed by atoms with van der Waals surface area (Å²) in [5.74, 6) is 0.0748. The van der Waals surface area contributed by atoms with Crippen molar-refractivity contribution in [2.75, 3.05) is 18.1 Å². The molecule has 5 N–H and O–H groups in total. The van der Waals surface area contributed by atoms with Gasteiger partial charge < -0.3 is 34.8 Å². The minimum Gasteiger partial charge on any atom is -0.407 e. The maximum atomic E-state index is 14.4. The summed E-state index contributed by atoms with van der Waals surface area (Å²) in [5, 5.41) is 0.286. The fraction of sp³-hybridized carbons (Fsp3) is 0.581. The Morgan fingerprint density at radius 1 is 1.04 bits per heavy atom. The van der Waals surface area contributed by atoms with E-state index in [-0.39, 0.29) is 28.5 Å². The van der Waals surface area contributed by atoms with Crippen molar-refractivity contribution in [3.63, 3.8) is 0 Å². The Kier molecular flexibility index (Phi) is 11.6. The second-order valence-electron chi connectivity index (χ2n) is 15.0. The number of nitrogens with two attached hydrogens (primary N) is 2. The fourth-order valence-corrected chi connectivity index (χ4v) is 10.4.